The average Bonchev–Trinajstić information content (AvgIpc) is 2.59. The molecular weight excluding hydrogens is 208 g/mol. The summed E-state index contributed by atoms with van der Waals surface area (Å²) in [5, 5.41) is 9.48. The van der Waals surface area contributed by atoms with E-state index in [1.54, 1.807) is 24.4 Å². The standard InChI is InChI=1S/C11H10N2O3/c1-7(14)13-5-4-8-2-3-9(6-10(15)16)12-11(8)13/h2-5H,6H2,1H3,(H,15,16). The van der Waals surface area contributed by atoms with Gasteiger partial charge in [0.25, 0.3) is 0 Å². The number of aromatic nitrogens is 2. The molecule has 0 bridgehead atoms. The minimum atomic E-state index is -0.937. The smallest absolute Gasteiger partial charge is 0.309 e. The third-order valence-corrected chi connectivity index (χ3v) is 2.27. The summed E-state index contributed by atoms with van der Waals surface area (Å²) >= 11 is 0. The maximum Gasteiger partial charge on any atom is 0.309 e. The van der Waals surface area contributed by atoms with Crippen LogP contribution in [0.25, 0.3) is 11.0 Å². The number of carboxylic acids is 1. The molecule has 0 spiro atoms. The second-order valence-corrected chi connectivity index (χ2v) is 3.49. The van der Waals surface area contributed by atoms with E-state index in [4.69, 9.17) is 5.11 Å². The molecule has 2 rings (SSSR count). The van der Waals surface area contributed by atoms with Gasteiger partial charge in [-0.2, -0.15) is 0 Å². The van der Waals surface area contributed by atoms with Gasteiger partial charge in [-0.25, -0.2) is 4.98 Å². The minimum absolute atomic E-state index is 0.140. The molecule has 1 N–H and O–H groups in total. The highest BCUT2D eigenvalue weighted by atomic mass is 16.4. The molecule has 0 unspecified atom stereocenters. The van der Waals surface area contributed by atoms with Crippen LogP contribution in [0.2, 0.25) is 0 Å². The zero-order valence-electron chi connectivity index (χ0n) is 8.67. The number of rotatable bonds is 2. The fourth-order valence-electron chi connectivity index (χ4n) is 1.55. The molecule has 0 aromatic carbocycles. The van der Waals surface area contributed by atoms with E-state index in [0.717, 1.165) is 5.39 Å². The molecule has 0 saturated heterocycles. The van der Waals surface area contributed by atoms with Crippen molar-refractivity contribution in [2.24, 2.45) is 0 Å². The first-order valence-corrected chi connectivity index (χ1v) is 4.77. The number of fused-ring (bicyclic) bond motifs is 1. The van der Waals surface area contributed by atoms with Gasteiger partial charge >= 0.3 is 5.97 Å². The monoisotopic (exact) mass is 218 g/mol. The van der Waals surface area contributed by atoms with Crippen molar-refractivity contribution in [3.8, 4) is 0 Å². The average molecular weight is 218 g/mol. The van der Waals surface area contributed by atoms with Crippen LogP contribution < -0.4 is 0 Å². The number of carbonyl (C=O) groups excluding carboxylic acids is 1. The molecule has 2 aromatic heterocycles. The van der Waals surface area contributed by atoms with Crippen LogP contribution in [0.15, 0.2) is 24.4 Å². The number of hydrogen-bond donors (Lipinski definition) is 1. The van der Waals surface area contributed by atoms with E-state index < -0.39 is 5.97 Å². The van der Waals surface area contributed by atoms with Crippen molar-refractivity contribution < 1.29 is 14.7 Å². The highest BCUT2D eigenvalue weighted by Crippen LogP contribution is 2.14. The van der Waals surface area contributed by atoms with Crippen LogP contribution in [0.5, 0.6) is 0 Å². The molecule has 0 aliphatic carbocycles. The Hall–Kier alpha value is -2.17. The summed E-state index contributed by atoms with van der Waals surface area (Å²) in [6, 6.07) is 5.19. The molecule has 5 heteroatoms. The van der Waals surface area contributed by atoms with Crippen molar-refractivity contribution in [1.29, 1.82) is 0 Å². The van der Waals surface area contributed by atoms with E-state index in [1.807, 2.05) is 0 Å². The van der Waals surface area contributed by atoms with Crippen LogP contribution >= 0.6 is 0 Å². The number of nitrogens with zero attached hydrogens (tertiary/aromatic N) is 2. The van der Waals surface area contributed by atoms with E-state index in [2.05, 4.69) is 4.98 Å². The van der Waals surface area contributed by atoms with E-state index in [-0.39, 0.29) is 12.3 Å². The predicted octanol–water partition coefficient (Wildman–Crippen LogP) is 1.32. The van der Waals surface area contributed by atoms with Gasteiger partial charge < -0.3 is 5.11 Å². The highest BCUT2D eigenvalue weighted by Gasteiger charge is 2.08. The molecule has 0 aliphatic heterocycles. The molecule has 16 heavy (non-hydrogen) atoms. The van der Waals surface area contributed by atoms with Gasteiger partial charge in [0.05, 0.1) is 12.1 Å². The summed E-state index contributed by atoms with van der Waals surface area (Å²) in [5.74, 6) is -1.08. The SMILES string of the molecule is CC(=O)n1ccc2ccc(CC(=O)O)nc21. The lowest BCUT2D eigenvalue weighted by molar-refractivity contribution is -0.136. The van der Waals surface area contributed by atoms with E-state index in [9.17, 15) is 9.59 Å². The van der Waals surface area contributed by atoms with Crippen LogP contribution in [-0.4, -0.2) is 26.5 Å². The highest BCUT2D eigenvalue weighted by molar-refractivity contribution is 5.89. The molecule has 0 fully saturated rings. The molecule has 0 atom stereocenters. The second-order valence-electron chi connectivity index (χ2n) is 3.49. The largest absolute Gasteiger partial charge is 0.481 e. The van der Waals surface area contributed by atoms with Crippen molar-refractivity contribution in [3.05, 3.63) is 30.1 Å². The third-order valence-electron chi connectivity index (χ3n) is 2.27. The lowest BCUT2D eigenvalue weighted by atomic mass is 10.2. The quantitative estimate of drug-likeness (QED) is 0.825. The Morgan fingerprint density at radius 1 is 1.38 bits per heavy atom. The number of carbonyl (C=O) groups is 2. The minimum Gasteiger partial charge on any atom is -0.481 e. The lowest BCUT2D eigenvalue weighted by Crippen LogP contribution is -2.07. The number of carboxylic acid groups (broad SMARTS) is 1. The van der Waals surface area contributed by atoms with Crippen molar-refractivity contribution in [2.45, 2.75) is 13.3 Å². The molecule has 0 radical (unpaired) electrons. The molecular formula is C11H10N2O3. The van der Waals surface area contributed by atoms with Gasteiger partial charge in [0.2, 0.25) is 5.91 Å². The van der Waals surface area contributed by atoms with Gasteiger partial charge in [-0.3, -0.25) is 14.2 Å². The van der Waals surface area contributed by atoms with Crippen LogP contribution in [0.3, 0.4) is 0 Å². The number of aliphatic carboxylic acids is 1. The van der Waals surface area contributed by atoms with Gasteiger partial charge in [0.15, 0.2) is 0 Å². The summed E-state index contributed by atoms with van der Waals surface area (Å²) < 4.78 is 1.40. The normalized spacial score (nSPS) is 10.6. The Balaban J connectivity index is 2.54. The Morgan fingerprint density at radius 2 is 2.12 bits per heavy atom. The summed E-state index contributed by atoms with van der Waals surface area (Å²) in [6.07, 6.45) is 1.49. The predicted molar refractivity (Wildman–Crippen MR) is 57.4 cm³/mol. The lowest BCUT2D eigenvalue weighted by Gasteiger charge is -2.00. The number of pyridine rings is 1. The van der Waals surface area contributed by atoms with Crippen molar-refractivity contribution in [3.63, 3.8) is 0 Å². The molecule has 82 valence electrons. The Kier molecular flexibility index (Phi) is 2.44. The Morgan fingerprint density at radius 3 is 2.75 bits per heavy atom. The summed E-state index contributed by atoms with van der Waals surface area (Å²) in [5.41, 5.74) is 0.951. The fourth-order valence-corrected chi connectivity index (χ4v) is 1.55. The zero-order chi connectivity index (χ0) is 11.7. The zero-order valence-corrected chi connectivity index (χ0v) is 8.67. The first-order valence-electron chi connectivity index (χ1n) is 4.77. The summed E-state index contributed by atoms with van der Waals surface area (Å²) in [6.45, 7) is 1.44. The molecule has 2 aromatic rings. The van der Waals surface area contributed by atoms with Gasteiger partial charge in [0, 0.05) is 18.5 Å². The third kappa shape index (κ3) is 1.79. The molecule has 5 nitrogen and oxygen atoms in total. The molecule has 0 amide bonds. The molecule has 2 heterocycles. The van der Waals surface area contributed by atoms with E-state index >= 15 is 0 Å². The van der Waals surface area contributed by atoms with Crippen LogP contribution in [-0.2, 0) is 11.2 Å². The summed E-state index contributed by atoms with van der Waals surface area (Å²) in [7, 11) is 0. The molecule has 0 aliphatic rings. The molecule has 0 saturated carbocycles. The van der Waals surface area contributed by atoms with Gasteiger partial charge in [-0.15, -0.1) is 0 Å². The fraction of sp³-hybridized carbons (Fsp3) is 0.182. The van der Waals surface area contributed by atoms with Crippen LogP contribution in [0, 0.1) is 0 Å². The van der Waals surface area contributed by atoms with Crippen LogP contribution in [0.1, 0.15) is 17.4 Å². The van der Waals surface area contributed by atoms with Gasteiger partial charge in [-0.05, 0) is 18.2 Å². The number of hydrogen-bond acceptors (Lipinski definition) is 3. The van der Waals surface area contributed by atoms with Gasteiger partial charge in [-0.1, -0.05) is 0 Å². The van der Waals surface area contributed by atoms with Crippen molar-refractivity contribution in [2.75, 3.05) is 0 Å². The maximum atomic E-state index is 11.3. The first kappa shape index (κ1) is 10.4. The topological polar surface area (TPSA) is 72.2 Å². The van der Waals surface area contributed by atoms with E-state index in [0.29, 0.717) is 11.3 Å². The summed E-state index contributed by atoms with van der Waals surface area (Å²) in [4.78, 5) is 26.0. The van der Waals surface area contributed by atoms with Crippen LogP contribution in [0.4, 0.5) is 0 Å². The Labute approximate surface area is 91.3 Å². The Bertz CT molecular complexity index is 572. The van der Waals surface area contributed by atoms with E-state index in [1.165, 1.54) is 11.5 Å². The van der Waals surface area contributed by atoms with Crippen molar-refractivity contribution >= 4 is 22.9 Å². The second kappa shape index (κ2) is 3.77. The first-order chi connectivity index (χ1) is 7.58. The maximum absolute atomic E-state index is 11.3. The van der Waals surface area contributed by atoms with Crippen molar-refractivity contribution in [1.82, 2.24) is 9.55 Å². The van der Waals surface area contributed by atoms with Gasteiger partial charge in [0.1, 0.15) is 5.65 Å².